The normalized spacial score (nSPS) is 20.3. The molecule has 14 nitrogen and oxygen atoms in total. The van der Waals surface area contributed by atoms with Crippen molar-refractivity contribution in [2.45, 2.75) is 112 Å². The molecule has 604 valence electrons. The van der Waals surface area contributed by atoms with Gasteiger partial charge < -0.3 is 70.4 Å². The van der Waals surface area contributed by atoms with Crippen LogP contribution in [-0.2, 0) is 103 Å². The minimum atomic E-state index is -4.32. The van der Waals surface area contributed by atoms with E-state index in [1.807, 2.05) is 57.5 Å². The number of benzene rings is 7. The van der Waals surface area contributed by atoms with Crippen LogP contribution in [0.15, 0.2) is 127 Å². The second-order valence-corrected chi connectivity index (χ2v) is 28.0. The molecular formula is C81H98Cl3F12N7O7. The van der Waals surface area contributed by atoms with Crippen LogP contribution in [0.2, 0.25) is 15.1 Å². The van der Waals surface area contributed by atoms with Crippen LogP contribution < -0.4 is 37.2 Å². The molecular weight excluding hydrogens is 1520 g/mol. The van der Waals surface area contributed by atoms with E-state index in [4.69, 9.17) is 68.0 Å². The lowest BCUT2D eigenvalue weighted by Gasteiger charge is -2.29. The van der Waals surface area contributed by atoms with Gasteiger partial charge in [-0.2, -0.15) is 52.7 Å². The topological polar surface area (TPSA) is 149 Å². The molecule has 0 saturated carbocycles. The Labute approximate surface area is 651 Å². The summed E-state index contributed by atoms with van der Waals surface area (Å²) in [5.74, 6) is 0. The van der Waals surface area contributed by atoms with Crippen LogP contribution in [0.1, 0.15) is 143 Å². The van der Waals surface area contributed by atoms with Crippen LogP contribution in [-0.4, -0.2) is 141 Å². The zero-order valence-corrected chi connectivity index (χ0v) is 64.8. The Bertz CT molecular complexity index is 3810. The van der Waals surface area contributed by atoms with Crippen LogP contribution in [0, 0.1) is 0 Å². The lowest BCUT2D eigenvalue weighted by Crippen LogP contribution is -2.28. The third-order valence-electron chi connectivity index (χ3n) is 19.3. The summed E-state index contributed by atoms with van der Waals surface area (Å²) in [6.07, 6.45) is -13.6. The van der Waals surface area contributed by atoms with Crippen molar-refractivity contribution in [3.63, 3.8) is 0 Å². The average Bonchev–Trinajstić information content (AvgIpc) is 0.792. The maximum absolute atomic E-state index is 12.9. The van der Waals surface area contributed by atoms with E-state index < -0.39 is 59.2 Å². The predicted molar refractivity (Wildman–Crippen MR) is 404 cm³/mol. The summed E-state index contributed by atoms with van der Waals surface area (Å²) in [5.41, 5.74) is 9.72. The molecule has 7 aromatic carbocycles. The van der Waals surface area contributed by atoms with Gasteiger partial charge in [-0.05, 0) is 233 Å². The first kappa shape index (κ1) is 89.6. The molecule has 0 aromatic heterocycles. The molecule has 7 aromatic rings. The number of rotatable bonds is 14. The van der Waals surface area contributed by atoms with E-state index in [0.717, 1.165) is 109 Å². The van der Waals surface area contributed by atoms with Crippen LogP contribution in [0.3, 0.4) is 0 Å². The summed E-state index contributed by atoms with van der Waals surface area (Å²) in [4.78, 5) is 0. The van der Waals surface area contributed by atoms with Crippen molar-refractivity contribution < 1.29 is 85.8 Å². The highest BCUT2D eigenvalue weighted by molar-refractivity contribution is 6.31. The molecule has 0 bridgehead atoms. The second-order valence-electron chi connectivity index (χ2n) is 26.7. The third-order valence-corrected chi connectivity index (χ3v) is 20.0. The molecule has 14 rings (SSSR count). The van der Waals surface area contributed by atoms with E-state index in [9.17, 15) is 52.7 Å². The van der Waals surface area contributed by atoms with Gasteiger partial charge in [0.15, 0.2) is 0 Å². The monoisotopic (exact) mass is 1610 g/mol. The van der Waals surface area contributed by atoms with Gasteiger partial charge in [-0.1, -0.05) is 102 Å². The summed E-state index contributed by atoms with van der Waals surface area (Å²) in [7, 11) is 12.7. The molecule has 7 aliphatic heterocycles. The van der Waals surface area contributed by atoms with Crippen LogP contribution in [0.25, 0.3) is 0 Å². The van der Waals surface area contributed by atoms with Crippen molar-refractivity contribution in [1.29, 1.82) is 0 Å². The Balaban J connectivity index is 0.000000162. The third kappa shape index (κ3) is 25.0. The van der Waals surface area contributed by atoms with Gasteiger partial charge in [-0.25, -0.2) is 0 Å². The number of fused-ring (bicyclic) bond motifs is 7. The molecule has 7 N–H and O–H groups in total. The van der Waals surface area contributed by atoms with E-state index in [0.29, 0.717) is 112 Å². The van der Waals surface area contributed by atoms with Crippen LogP contribution >= 0.6 is 34.8 Å². The molecule has 0 spiro atoms. The highest BCUT2D eigenvalue weighted by atomic mass is 35.5. The first-order valence-corrected chi connectivity index (χ1v) is 37.7. The second kappa shape index (κ2) is 42.9. The Morgan fingerprint density at radius 2 is 0.536 bits per heavy atom. The van der Waals surface area contributed by atoms with Crippen molar-refractivity contribution >= 4 is 34.8 Å². The average molecular weight is 1620 g/mol. The highest BCUT2D eigenvalue weighted by Gasteiger charge is 2.41. The smallest absolute Gasteiger partial charge is 0.372 e. The van der Waals surface area contributed by atoms with Crippen molar-refractivity contribution in [3.05, 3.63) is 243 Å². The lowest BCUT2D eigenvalue weighted by atomic mass is 9.92. The van der Waals surface area contributed by atoms with Gasteiger partial charge in [0.2, 0.25) is 0 Å². The van der Waals surface area contributed by atoms with E-state index in [-0.39, 0.29) is 30.5 Å². The highest BCUT2D eigenvalue weighted by Crippen LogP contribution is 2.44. The van der Waals surface area contributed by atoms with Gasteiger partial charge in [0, 0.05) is 60.9 Å². The summed E-state index contributed by atoms with van der Waals surface area (Å²) in [5, 5.41) is 23.4. The molecule has 29 heteroatoms. The zero-order chi connectivity index (χ0) is 79.8. The lowest BCUT2D eigenvalue weighted by molar-refractivity contribution is -0.140. The Morgan fingerprint density at radius 1 is 0.273 bits per heavy atom. The number of likely N-dealkylation sites (N-methyl/N-ethyl adjacent to an activating group) is 7. The number of hydrogen-bond acceptors (Lipinski definition) is 14. The van der Waals surface area contributed by atoms with Crippen molar-refractivity contribution in [1.82, 2.24) is 37.2 Å². The number of nitrogens with one attached hydrogen (secondary N) is 7. The van der Waals surface area contributed by atoms with E-state index >= 15 is 0 Å². The molecule has 110 heavy (non-hydrogen) atoms. The zero-order valence-electron chi connectivity index (χ0n) is 62.5. The Morgan fingerprint density at radius 3 is 0.882 bits per heavy atom. The summed E-state index contributed by atoms with van der Waals surface area (Å²) in [6, 6.07) is 35.4. The van der Waals surface area contributed by atoms with Crippen LogP contribution in [0.4, 0.5) is 52.7 Å². The number of halogens is 15. The van der Waals surface area contributed by atoms with E-state index in [1.165, 1.54) is 57.6 Å². The summed E-state index contributed by atoms with van der Waals surface area (Å²) >= 11 is 17.9. The molecule has 7 aliphatic rings. The minimum absolute atomic E-state index is 0.155. The molecule has 0 saturated heterocycles. The van der Waals surface area contributed by atoms with Crippen molar-refractivity contribution in [3.8, 4) is 0 Å². The van der Waals surface area contributed by atoms with Crippen LogP contribution in [0.5, 0.6) is 0 Å². The molecule has 0 amide bonds. The number of alkyl halides is 12. The van der Waals surface area contributed by atoms with Gasteiger partial charge in [-0.3, -0.25) is 0 Å². The molecule has 7 atom stereocenters. The number of hydrogen-bond donors (Lipinski definition) is 7. The maximum atomic E-state index is 12.9. The molecule has 0 unspecified atom stereocenters. The van der Waals surface area contributed by atoms with E-state index in [2.05, 4.69) is 55.4 Å². The van der Waals surface area contributed by atoms with E-state index in [1.54, 1.807) is 52.5 Å². The molecule has 0 aliphatic carbocycles. The quantitative estimate of drug-likeness (QED) is 0.0518. The molecule has 7 heterocycles. The fourth-order valence-electron chi connectivity index (χ4n) is 14.4. The Hall–Kier alpha value is -5.99. The molecule has 0 fully saturated rings. The fraction of sp³-hybridized carbons (Fsp3) is 0.481. The molecule has 0 radical (unpaired) electrons. The van der Waals surface area contributed by atoms with Crippen molar-refractivity contribution in [2.24, 2.45) is 0 Å². The van der Waals surface area contributed by atoms with Gasteiger partial charge in [0.1, 0.15) is 0 Å². The van der Waals surface area contributed by atoms with Gasteiger partial charge in [-0.15, -0.1) is 0 Å². The standard InChI is InChI=1S/4C12H14F3NO.3C11H14ClNO/c2*1-16-7-11-9-3-2-4-10(12(13,14)15)8(9)5-6-17-11;2*1-16-7-10-11-8(5-6-17-10)3-2-4-9(11)12(13,14)15;2*1-13-7-11-10-3-2-9(12)6-8(10)4-5-14-11;1-13-7-11-10-6-9(12)3-2-8(10)4-5-14-11/h2*2-4,11,16H,5-7H2,1H3;2*2-4,10,16H,5-7H2,1H3;3*2-3,6,11,13H,4-5,7H2,1H3/t2*11-;2*10-;3*11-/m1010100/s1. The van der Waals surface area contributed by atoms with Gasteiger partial charge >= 0.3 is 24.7 Å². The summed E-state index contributed by atoms with van der Waals surface area (Å²) in [6.45, 7) is 8.39. The Kier molecular flexibility index (Phi) is 35.0. The largest absolute Gasteiger partial charge is 0.416 e. The maximum Gasteiger partial charge on any atom is 0.416 e. The number of ether oxygens (including phenoxy) is 7. The fourth-order valence-corrected chi connectivity index (χ4v) is 14.9. The first-order chi connectivity index (χ1) is 52.6. The minimum Gasteiger partial charge on any atom is -0.372 e. The first-order valence-electron chi connectivity index (χ1n) is 36.5. The SMILES string of the molecule is CNC[C@@H]1OCCc2c1cccc2C(F)(F)F.CNC[C@@H]1OCCc2cc(Cl)ccc21.CNC[C@@H]1OCCc2ccc(Cl)cc21.CNC[C@@H]1OCCc2cccc(C(F)(F)F)c21.CNC[C@H]1OCCc2c1cccc2C(F)(F)F.CNC[C@H]1OCCc2cc(Cl)ccc21.CNC[C@H]1OCCc2cccc(C(F)(F)F)c21. The summed E-state index contributed by atoms with van der Waals surface area (Å²) < 4.78 is 193. The van der Waals surface area contributed by atoms with Gasteiger partial charge in [0.25, 0.3) is 0 Å². The predicted octanol–water partition coefficient (Wildman–Crippen LogP) is 16.7. The van der Waals surface area contributed by atoms with Gasteiger partial charge in [0.05, 0.1) is 111 Å². The van der Waals surface area contributed by atoms with Crippen molar-refractivity contribution in [2.75, 3.05) is 141 Å².